The number of anilines is 1. The van der Waals surface area contributed by atoms with E-state index in [4.69, 9.17) is 5.73 Å². The molecule has 0 aliphatic rings. The van der Waals surface area contributed by atoms with Crippen LogP contribution in [0.5, 0.6) is 5.75 Å². The van der Waals surface area contributed by atoms with Crippen molar-refractivity contribution in [1.82, 2.24) is 0 Å². The van der Waals surface area contributed by atoms with Gasteiger partial charge in [-0.3, -0.25) is 0 Å². The second kappa shape index (κ2) is 3.16. The molecular formula is C8H8F3NO. The number of rotatable bonds is 1. The molecule has 0 spiro atoms. The van der Waals surface area contributed by atoms with Crippen LogP contribution in [0.15, 0.2) is 18.2 Å². The summed E-state index contributed by atoms with van der Waals surface area (Å²) < 4.78 is 39.1. The molecule has 13 heavy (non-hydrogen) atoms. The number of halogens is 3. The van der Waals surface area contributed by atoms with Crippen LogP contribution in [0, 0.1) is 6.92 Å². The number of hydrogen-bond acceptors (Lipinski definition) is 2. The lowest BCUT2D eigenvalue weighted by Gasteiger charge is -2.11. The van der Waals surface area contributed by atoms with E-state index < -0.39 is 6.36 Å². The highest BCUT2D eigenvalue weighted by Gasteiger charge is 2.31. The Morgan fingerprint density at radius 3 is 2.46 bits per heavy atom. The van der Waals surface area contributed by atoms with E-state index in [1.165, 1.54) is 25.1 Å². The molecule has 2 N–H and O–H groups in total. The Kier molecular flexibility index (Phi) is 2.36. The maximum Gasteiger partial charge on any atom is 0.573 e. The zero-order valence-electron chi connectivity index (χ0n) is 6.85. The highest BCUT2D eigenvalue weighted by atomic mass is 19.4. The average Bonchev–Trinajstić information content (AvgIpc) is 1.96. The molecule has 0 atom stereocenters. The molecule has 2 nitrogen and oxygen atoms in total. The lowest BCUT2D eigenvalue weighted by Crippen LogP contribution is -2.18. The maximum absolute atomic E-state index is 11.8. The van der Waals surface area contributed by atoms with Gasteiger partial charge in [-0.2, -0.15) is 0 Å². The molecule has 1 rings (SSSR count). The van der Waals surface area contributed by atoms with Crippen LogP contribution >= 0.6 is 0 Å². The van der Waals surface area contributed by atoms with Crippen LogP contribution in [0.3, 0.4) is 0 Å². The largest absolute Gasteiger partial charge is 0.573 e. The summed E-state index contributed by atoms with van der Waals surface area (Å²) in [6.45, 7) is 1.47. The van der Waals surface area contributed by atoms with Crippen LogP contribution in [0.25, 0.3) is 0 Å². The van der Waals surface area contributed by atoms with Gasteiger partial charge in [-0.15, -0.1) is 13.2 Å². The van der Waals surface area contributed by atoms with Crippen molar-refractivity contribution in [3.8, 4) is 5.75 Å². The summed E-state index contributed by atoms with van der Waals surface area (Å²) >= 11 is 0. The van der Waals surface area contributed by atoms with Crippen molar-refractivity contribution in [2.24, 2.45) is 0 Å². The van der Waals surface area contributed by atoms with E-state index in [9.17, 15) is 13.2 Å². The summed E-state index contributed by atoms with van der Waals surface area (Å²) in [5.41, 5.74) is 5.96. The summed E-state index contributed by atoms with van der Waals surface area (Å²) in [4.78, 5) is 0. The van der Waals surface area contributed by atoms with Gasteiger partial charge < -0.3 is 10.5 Å². The molecule has 0 aliphatic carbocycles. The summed E-state index contributed by atoms with van der Waals surface area (Å²) in [5.74, 6) is -0.257. The molecule has 0 unspecified atom stereocenters. The Morgan fingerprint density at radius 2 is 1.92 bits per heavy atom. The van der Waals surface area contributed by atoms with Crippen LogP contribution in [-0.4, -0.2) is 6.36 Å². The third-order valence-electron chi connectivity index (χ3n) is 1.55. The van der Waals surface area contributed by atoms with Crippen LogP contribution in [-0.2, 0) is 0 Å². The van der Waals surface area contributed by atoms with Gasteiger partial charge in [-0.25, -0.2) is 0 Å². The Bertz CT molecular complexity index is 309. The zero-order chi connectivity index (χ0) is 10.1. The molecule has 0 radical (unpaired) electrons. The SMILES string of the molecule is Cc1c(N)cccc1OC(F)(F)F. The summed E-state index contributed by atoms with van der Waals surface area (Å²) in [6.07, 6.45) is -4.67. The Balaban J connectivity index is 2.96. The van der Waals surface area contributed by atoms with Crippen molar-refractivity contribution in [2.45, 2.75) is 13.3 Å². The Labute approximate surface area is 73.1 Å². The van der Waals surface area contributed by atoms with Crippen molar-refractivity contribution >= 4 is 5.69 Å². The highest BCUT2D eigenvalue weighted by Crippen LogP contribution is 2.28. The van der Waals surface area contributed by atoms with Crippen molar-refractivity contribution in [3.63, 3.8) is 0 Å². The minimum atomic E-state index is -4.67. The lowest BCUT2D eigenvalue weighted by molar-refractivity contribution is -0.274. The van der Waals surface area contributed by atoms with E-state index in [0.29, 0.717) is 5.56 Å². The van der Waals surface area contributed by atoms with Gasteiger partial charge in [0.25, 0.3) is 0 Å². The second-order valence-electron chi connectivity index (χ2n) is 2.52. The fourth-order valence-electron chi connectivity index (χ4n) is 0.867. The van der Waals surface area contributed by atoms with E-state index in [1.807, 2.05) is 0 Å². The van der Waals surface area contributed by atoms with E-state index in [0.717, 1.165) is 0 Å². The first-order chi connectivity index (χ1) is 5.90. The predicted octanol–water partition coefficient (Wildman–Crippen LogP) is 2.48. The molecule has 0 aromatic heterocycles. The smallest absolute Gasteiger partial charge is 0.405 e. The fraction of sp³-hybridized carbons (Fsp3) is 0.250. The zero-order valence-corrected chi connectivity index (χ0v) is 6.85. The molecule has 72 valence electrons. The third-order valence-corrected chi connectivity index (χ3v) is 1.55. The fourth-order valence-corrected chi connectivity index (χ4v) is 0.867. The normalized spacial score (nSPS) is 11.4. The van der Waals surface area contributed by atoms with Gasteiger partial charge in [0.1, 0.15) is 5.75 Å². The van der Waals surface area contributed by atoms with Gasteiger partial charge in [-0.05, 0) is 19.1 Å². The topological polar surface area (TPSA) is 35.2 Å². The van der Waals surface area contributed by atoms with Crippen LogP contribution in [0.2, 0.25) is 0 Å². The van der Waals surface area contributed by atoms with E-state index in [2.05, 4.69) is 4.74 Å². The monoisotopic (exact) mass is 191 g/mol. The first kappa shape index (κ1) is 9.70. The minimum Gasteiger partial charge on any atom is -0.405 e. The van der Waals surface area contributed by atoms with Crippen molar-refractivity contribution in [2.75, 3.05) is 5.73 Å². The third kappa shape index (κ3) is 2.54. The lowest BCUT2D eigenvalue weighted by atomic mass is 10.2. The van der Waals surface area contributed by atoms with Gasteiger partial charge in [0, 0.05) is 11.3 Å². The van der Waals surface area contributed by atoms with Crippen LogP contribution in [0.4, 0.5) is 18.9 Å². The average molecular weight is 191 g/mol. The molecule has 1 aromatic carbocycles. The van der Waals surface area contributed by atoms with E-state index >= 15 is 0 Å². The summed E-state index contributed by atoms with van der Waals surface area (Å²) in [7, 11) is 0. The predicted molar refractivity (Wildman–Crippen MR) is 42.3 cm³/mol. The quantitative estimate of drug-likeness (QED) is 0.692. The van der Waals surface area contributed by atoms with Crippen molar-refractivity contribution in [3.05, 3.63) is 23.8 Å². The first-order valence-corrected chi connectivity index (χ1v) is 3.51. The number of hydrogen-bond donors (Lipinski definition) is 1. The molecular weight excluding hydrogens is 183 g/mol. The van der Waals surface area contributed by atoms with Crippen molar-refractivity contribution in [1.29, 1.82) is 0 Å². The van der Waals surface area contributed by atoms with Gasteiger partial charge in [0.2, 0.25) is 0 Å². The van der Waals surface area contributed by atoms with Crippen molar-refractivity contribution < 1.29 is 17.9 Å². The first-order valence-electron chi connectivity index (χ1n) is 3.51. The molecule has 5 heteroatoms. The van der Waals surface area contributed by atoms with Gasteiger partial charge in [0.05, 0.1) is 0 Å². The van der Waals surface area contributed by atoms with Gasteiger partial charge in [-0.1, -0.05) is 6.07 Å². The standard InChI is InChI=1S/C8H8F3NO/c1-5-6(12)3-2-4-7(5)13-8(9,10)11/h2-4H,12H2,1H3. The van der Waals surface area contributed by atoms with E-state index in [-0.39, 0.29) is 11.4 Å². The number of nitrogen functional groups attached to an aromatic ring is 1. The highest BCUT2D eigenvalue weighted by molar-refractivity contribution is 5.53. The minimum absolute atomic E-state index is 0.257. The molecule has 0 saturated heterocycles. The molecule has 0 fully saturated rings. The number of alkyl halides is 3. The molecule has 0 aliphatic heterocycles. The molecule has 0 saturated carbocycles. The molecule has 0 bridgehead atoms. The molecule has 1 aromatic rings. The Morgan fingerprint density at radius 1 is 1.31 bits per heavy atom. The summed E-state index contributed by atoms with van der Waals surface area (Å²) in [6, 6.07) is 4.14. The summed E-state index contributed by atoms with van der Waals surface area (Å²) in [5, 5.41) is 0. The molecule has 0 amide bonds. The van der Waals surface area contributed by atoms with Crippen LogP contribution < -0.4 is 10.5 Å². The number of benzene rings is 1. The molecule has 0 heterocycles. The number of ether oxygens (including phenoxy) is 1. The van der Waals surface area contributed by atoms with Crippen LogP contribution in [0.1, 0.15) is 5.56 Å². The van der Waals surface area contributed by atoms with E-state index in [1.54, 1.807) is 0 Å². The Hall–Kier alpha value is -1.39. The number of nitrogens with two attached hydrogens (primary N) is 1. The van der Waals surface area contributed by atoms with Gasteiger partial charge in [0.15, 0.2) is 0 Å². The maximum atomic E-state index is 11.8. The second-order valence-corrected chi connectivity index (χ2v) is 2.52. The van der Waals surface area contributed by atoms with Gasteiger partial charge >= 0.3 is 6.36 Å².